The second-order valence-corrected chi connectivity index (χ2v) is 6.96. The number of halogens is 2. The Kier molecular flexibility index (Phi) is 4.86. The highest BCUT2D eigenvalue weighted by Gasteiger charge is 2.33. The Bertz CT molecular complexity index is 918. The zero-order valence-corrected chi connectivity index (χ0v) is 15.2. The second kappa shape index (κ2) is 7.31. The molecule has 2 aliphatic heterocycles. The lowest BCUT2D eigenvalue weighted by Gasteiger charge is -2.24. The van der Waals surface area contributed by atoms with Crippen LogP contribution in [-0.4, -0.2) is 37.2 Å². The van der Waals surface area contributed by atoms with E-state index in [4.69, 9.17) is 21.1 Å². The number of hydrogen-bond acceptors (Lipinski definition) is 4. The Morgan fingerprint density at radius 1 is 1.22 bits per heavy atom. The van der Waals surface area contributed by atoms with E-state index in [1.165, 1.54) is 35.2 Å². The van der Waals surface area contributed by atoms with Crippen molar-refractivity contribution in [3.8, 4) is 11.5 Å². The van der Waals surface area contributed by atoms with E-state index in [2.05, 4.69) is 0 Å². The zero-order chi connectivity index (χ0) is 19.0. The van der Waals surface area contributed by atoms with E-state index in [0.717, 1.165) is 13.1 Å². The van der Waals surface area contributed by atoms with Crippen molar-refractivity contribution in [2.24, 2.45) is 0 Å². The normalized spacial score (nSPS) is 18.6. The average molecular weight is 391 g/mol. The predicted molar refractivity (Wildman–Crippen MR) is 97.7 cm³/mol. The smallest absolute Gasteiger partial charge is 0.231 e. The molecular formula is C20H18ClFNO4+. The number of ether oxygens (including phenoxy) is 2. The van der Waals surface area contributed by atoms with Gasteiger partial charge >= 0.3 is 0 Å². The van der Waals surface area contributed by atoms with E-state index in [0.29, 0.717) is 36.6 Å². The molecule has 0 spiro atoms. The Morgan fingerprint density at radius 2 is 2.00 bits per heavy atom. The van der Waals surface area contributed by atoms with Crippen molar-refractivity contribution >= 4 is 23.5 Å². The molecule has 4 rings (SSSR count). The van der Waals surface area contributed by atoms with E-state index >= 15 is 0 Å². The maximum absolute atomic E-state index is 14.1. The number of phenolic OH excluding ortho intramolecular Hbond substituents is 1. The Hall–Kier alpha value is -2.41. The number of Topliss-reactive ketones (excluding diaryl/α,β-unsaturated/α-hetero) is 1. The Balaban J connectivity index is 1.69. The summed E-state index contributed by atoms with van der Waals surface area (Å²) in [6.07, 6.45) is 1.31. The second-order valence-electron chi connectivity index (χ2n) is 6.55. The van der Waals surface area contributed by atoms with Crippen molar-refractivity contribution in [1.29, 1.82) is 0 Å². The summed E-state index contributed by atoms with van der Waals surface area (Å²) < 4.78 is 25.2. The summed E-state index contributed by atoms with van der Waals surface area (Å²) in [5.74, 6) is -0.505. The van der Waals surface area contributed by atoms with Crippen molar-refractivity contribution in [3.05, 3.63) is 63.6 Å². The summed E-state index contributed by atoms with van der Waals surface area (Å²) in [4.78, 5) is 13.9. The van der Waals surface area contributed by atoms with Gasteiger partial charge in [0.1, 0.15) is 31.2 Å². The van der Waals surface area contributed by atoms with Crippen molar-refractivity contribution in [3.63, 3.8) is 0 Å². The van der Waals surface area contributed by atoms with Crippen LogP contribution in [0.25, 0.3) is 6.08 Å². The number of benzene rings is 2. The van der Waals surface area contributed by atoms with Crippen LogP contribution in [0.3, 0.4) is 0 Å². The third kappa shape index (κ3) is 3.43. The number of phenols is 1. The maximum Gasteiger partial charge on any atom is 0.231 e. The number of allylic oxidation sites excluding steroid dienone is 1. The number of fused-ring (bicyclic) bond motifs is 1. The van der Waals surface area contributed by atoms with E-state index in [1.54, 1.807) is 6.07 Å². The number of carbonyl (C=O) groups excluding carboxylic acids is 1. The molecular weight excluding hydrogens is 373 g/mol. The molecule has 2 aliphatic rings. The number of rotatable bonds is 3. The molecule has 27 heavy (non-hydrogen) atoms. The van der Waals surface area contributed by atoms with Crippen LogP contribution < -0.4 is 9.64 Å². The van der Waals surface area contributed by atoms with Gasteiger partial charge in [-0.2, -0.15) is 0 Å². The van der Waals surface area contributed by atoms with Gasteiger partial charge in [0.25, 0.3) is 0 Å². The zero-order valence-electron chi connectivity index (χ0n) is 14.4. The fourth-order valence-electron chi connectivity index (χ4n) is 3.33. The highest BCUT2D eigenvalue weighted by molar-refractivity contribution is 6.32. The van der Waals surface area contributed by atoms with Crippen LogP contribution >= 0.6 is 11.6 Å². The molecule has 0 aliphatic carbocycles. The first-order valence-corrected chi connectivity index (χ1v) is 9.07. The average Bonchev–Trinajstić information content (AvgIpc) is 2.98. The molecule has 2 heterocycles. The lowest BCUT2D eigenvalue weighted by molar-refractivity contribution is -0.921. The summed E-state index contributed by atoms with van der Waals surface area (Å²) in [6.45, 7) is 3.44. The lowest BCUT2D eigenvalue weighted by atomic mass is 10.0. The Labute approximate surface area is 160 Å². The summed E-state index contributed by atoms with van der Waals surface area (Å²) >= 11 is 6.05. The topological polar surface area (TPSA) is 60.2 Å². The van der Waals surface area contributed by atoms with Crippen LogP contribution in [-0.2, 0) is 11.3 Å². The van der Waals surface area contributed by atoms with Crippen LogP contribution in [0.5, 0.6) is 11.5 Å². The number of carbonyl (C=O) groups is 1. The number of hydrogen-bond donors (Lipinski definition) is 2. The molecule has 5 nitrogen and oxygen atoms in total. The molecule has 0 saturated carbocycles. The van der Waals surface area contributed by atoms with Crippen LogP contribution in [0.1, 0.15) is 21.5 Å². The van der Waals surface area contributed by atoms with E-state index in [1.807, 2.05) is 0 Å². The molecule has 2 aromatic rings. The monoisotopic (exact) mass is 390 g/mol. The van der Waals surface area contributed by atoms with Crippen molar-refractivity contribution < 1.29 is 28.7 Å². The minimum absolute atomic E-state index is 0.0131. The van der Waals surface area contributed by atoms with Crippen LogP contribution in [0.4, 0.5) is 4.39 Å². The number of morpholine rings is 1. The molecule has 0 amide bonds. The number of nitrogens with one attached hydrogen (secondary N) is 1. The fourth-order valence-corrected chi connectivity index (χ4v) is 3.55. The number of aromatic hydroxyl groups is 1. The van der Waals surface area contributed by atoms with Crippen LogP contribution in [0.2, 0.25) is 5.02 Å². The lowest BCUT2D eigenvalue weighted by Crippen LogP contribution is -3.12. The van der Waals surface area contributed by atoms with Gasteiger partial charge in [-0.1, -0.05) is 17.7 Å². The highest BCUT2D eigenvalue weighted by Crippen LogP contribution is 2.39. The molecule has 0 aromatic heterocycles. The fraction of sp³-hybridized carbons (Fsp3) is 0.250. The molecule has 1 saturated heterocycles. The van der Waals surface area contributed by atoms with Crippen molar-refractivity contribution in [1.82, 2.24) is 0 Å². The van der Waals surface area contributed by atoms with Crippen molar-refractivity contribution in [2.45, 2.75) is 6.54 Å². The highest BCUT2D eigenvalue weighted by atomic mass is 35.5. The third-order valence-corrected chi connectivity index (χ3v) is 5.15. The van der Waals surface area contributed by atoms with Gasteiger partial charge in [-0.15, -0.1) is 0 Å². The van der Waals surface area contributed by atoms with Gasteiger partial charge in [-0.25, -0.2) is 4.39 Å². The van der Waals surface area contributed by atoms with Gasteiger partial charge in [-0.05, 0) is 30.3 Å². The molecule has 2 N–H and O–H groups in total. The summed E-state index contributed by atoms with van der Waals surface area (Å²) in [6, 6.07) is 7.32. The van der Waals surface area contributed by atoms with Crippen molar-refractivity contribution in [2.75, 3.05) is 26.3 Å². The summed E-state index contributed by atoms with van der Waals surface area (Å²) in [5, 5.41) is 10.5. The van der Waals surface area contributed by atoms with E-state index in [-0.39, 0.29) is 27.9 Å². The largest absolute Gasteiger partial charge is 0.507 e. The molecule has 0 radical (unpaired) electrons. The minimum Gasteiger partial charge on any atom is -0.507 e. The standard InChI is InChI=1S/C20H17ClFNO4/c21-15-2-1-3-16(22)13(15)10-18-19(25)12-4-5-17(24)14(20(12)27-18)11-23-6-8-26-9-7-23/h1-5,10,24H,6-9,11H2/p+1/b18-10+. The third-order valence-electron chi connectivity index (χ3n) is 4.82. The summed E-state index contributed by atoms with van der Waals surface area (Å²) in [5.41, 5.74) is 1.02. The van der Waals surface area contributed by atoms with E-state index in [9.17, 15) is 14.3 Å². The number of quaternary nitrogens is 1. The molecule has 0 unspecified atom stereocenters. The summed E-state index contributed by atoms with van der Waals surface area (Å²) in [7, 11) is 0. The molecule has 0 bridgehead atoms. The van der Waals surface area contributed by atoms with Gasteiger partial charge in [-0.3, -0.25) is 4.79 Å². The molecule has 1 fully saturated rings. The first kappa shape index (κ1) is 18.0. The minimum atomic E-state index is -0.539. The van der Waals surface area contributed by atoms with Crippen LogP contribution in [0, 0.1) is 5.82 Å². The predicted octanol–water partition coefficient (Wildman–Crippen LogP) is 2.22. The molecule has 140 valence electrons. The van der Waals surface area contributed by atoms with E-state index < -0.39 is 5.82 Å². The molecule has 7 heteroatoms. The van der Waals surface area contributed by atoms with Gasteiger partial charge in [0.2, 0.25) is 5.78 Å². The van der Waals surface area contributed by atoms with Gasteiger partial charge in [0.05, 0.1) is 29.4 Å². The maximum atomic E-state index is 14.1. The first-order chi connectivity index (χ1) is 13.0. The number of ketones is 1. The van der Waals surface area contributed by atoms with Crippen LogP contribution in [0.15, 0.2) is 36.1 Å². The molecule has 2 aromatic carbocycles. The molecule has 0 atom stereocenters. The van der Waals surface area contributed by atoms with Gasteiger partial charge in [0, 0.05) is 5.56 Å². The SMILES string of the molecule is O=C1/C(=C\c2c(F)cccc2Cl)Oc2c1ccc(O)c2C[NH+]1CCOCC1. The van der Waals surface area contributed by atoms with Gasteiger partial charge < -0.3 is 19.5 Å². The Morgan fingerprint density at radius 3 is 2.74 bits per heavy atom. The van der Waals surface area contributed by atoms with Gasteiger partial charge in [0.15, 0.2) is 11.5 Å². The first-order valence-electron chi connectivity index (χ1n) is 8.69. The quantitative estimate of drug-likeness (QED) is 0.789.